The van der Waals surface area contributed by atoms with Crippen molar-refractivity contribution < 1.29 is 4.79 Å². The third-order valence-electron chi connectivity index (χ3n) is 4.55. The van der Waals surface area contributed by atoms with Gasteiger partial charge in [0.05, 0.1) is 6.54 Å². The fourth-order valence-corrected chi connectivity index (χ4v) is 4.14. The van der Waals surface area contributed by atoms with Gasteiger partial charge in [-0.05, 0) is 37.8 Å². The highest BCUT2D eigenvalue weighted by Crippen LogP contribution is 2.51. The Balaban J connectivity index is 1.43. The second-order valence-electron chi connectivity index (χ2n) is 6.47. The van der Waals surface area contributed by atoms with Crippen LogP contribution in [0.25, 0.3) is 0 Å². The first kappa shape index (κ1) is 17.1. The number of aliphatic imine (C=N–C) groups is 1. The van der Waals surface area contributed by atoms with Gasteiger partial charge >= 0.3 is 0 Å². The number of hydrogen-bond donors (Lipinski definition) is 2. The van der Waals surface area contributed by atoms with Gasteiger partial charge in [0.2, 0.25) is 5.91 Å². The highest BCUT2D eigenvalue weighted by atomic mass is 32.2. The summed E-state index contributed by atoms with van der Waals surface area (Å²) in [6, 6.07) is 10.5. The molecule has 1 aromatic carbocycles. The van der Waals surface area contributed by atoms with E-state index in [1.807, 2.05) is 22.7 Å². The molecule has 1 amide bonds. The Hall–Kier alpha value is -1.69. The summed E-state index contributed by atoms with van der Waals surface area (Å²) in [6.07, 6.45) is 4.67. The minimum Gasteiger partial charge on any atom is -0.355 e. The number of likely N-dealkylation sites (tertiary alicyclic amines) is 1. The molecule has 2 fully saturated rings. The predicted molar refractivity (Wildman–Crippen MR) is 99.4 cm³/mol. The van der Waals surface area contributed by atoms with E-state index < -0.39 is 0 Å². The van der Waals surface area contributed by atoms with Crippen molar-refractivity contribution in [3.63, 3.8) is 0 Å². The predicted octanol–water partition coefficient (Wildman–Crippen LogP) is 2.10. The summed E-state index contributed by atoms with van der Waals surface area (Å²) in [5, 5.41) is 6.53. The van der Waals surface area contributed by atoms with Crippen LogP contribution in [0.15, 0.2) is 40.2 Å². The Kier molecular flexibility index (Phi) is 5.66. The lowest BCUT2D eigenvalue weighted by atomic mass is 10.4. The Bertz CT molecular complexity index is 580. The highest BCUT2D eigenvalue weighted by molar-refractivity contribution is 8.01. The molecule has 1 aliphatic carbocycles. The summed E-state index contributed by atoms with van der Waals surface area (Å²) in [5.41, 5.74) is 0. The van der Waals surface area contributed by atoms with Crippen LogP contribution in [-0.2, 0) is 4.79 Å². The molecule has 0 atom stereocenters. The first-order chi connectivity index (χ1) is 11.7. The van der Waals surface area contributed by atoms with E-state index in [-0.39, 0.29) is 10.7 Å². The number of amides is 1. The number of carbonyl (C=O) groups is 1. The zero-order valence-corrected chi connectivity index (χ0v) is 15.1. The quantitative estimate of drug-likeness (QED) is 0.612. The fraction of sp³-hybridized carbons (Fsp3) is 0.556. The van der Waals surface area contributed by atoms with Crippen molar-refractivity contribution in [3.05, 3.63) is 30.3 Å². The molecule has 0 unspecified atom stereocenters. The Labute approximate surface area is 148 Å². The van der Waals surface area contributed by atoms with E-state index in [4.69, 9.17) is 0 Å². The molecule has 0 spiro atoms. The van der Waals surface area contributed by atoms with Crippen LogP contribution in [0.5, 0.6) is 0 Å². The van der Waals surface area contributed by atoms with Gasteiger partial charge in [-0.15, -0.1) is 11.8 Å². The molecule has 24 heavy (non-hydrogen) atoms. The van der Waals surface area contributed by atoms with E-state index in [9.17, 15) is 4.79 Å². The molecular formula is C18H26N4OS. The lowest BCUT2D eigenvalue weighted by molar-refractivity contribution is -0.128. The first-order valence-corrected chi connectivity index (χ1v) is 9.49. The van der Waals surface area contributed by atoms with Crippen molar-refractivity contribution in [3.8, 4) is 0 Å². The van der Waals surface area contributed by atoms with Crippen LogP contribution < -0.4 is 10.6 Å². The normalized spacial score (nSPS) is 19.2. The molecule has 1 saturated carbocycles. The van der Waals surface area contributed by atoms with Gasteiger partial charge in [0.1, 0.15) is 0 Å². The topological polar surface area (TPSA) is 56.7 Å². The molecule has 1 aliphatic heterocycles. The zero-order chi connectivity index (χ0) is 16.8. The third-order valence-corrected chi connectivity index (χ3v) is 6.05. The van der Waals surface area contributed by atoms with Crippen LogP contribution >= 0.6 is 11.8 Å². The van der Waals surface area contributed by atoms with Gasteiger partial charge in [-0.1, -0.05) is 18.2 Å². The van der Waals surface area contributed by atoms with Crippen LogP contribution in [0.2, 0.25) is 0 Å². The Morgan fingerprint density at radius 3 is 2.54 bits per heavy atom. The molecular weight excluding hydrogens is 320 g/mol. The van der Waals surface area contributed by atoms with Crippen molar-refractivity contribution in [2.24, 2.45) is 4.99 Å². The number of hydrogen-bond acceptors (Lipinski definition) is 3. The van der Waals surface area contributed by atoms with Crippen LogP contribution in [0.3, 0.4) is 0 Å². The van der Waals surface area contributed by atoms with Gasteiger partial charge in [-0.2, -0.15) is 0 Å². The number of benzene rings is 1. The van der Waals surface area contributed by atoms with E-state index in [1.165, 1.54) is 17.7 Å². The number of thioether (sulfide) groups is 1. The second kappa shape index (κ2) is 7.92. The standard InChI is InChI=1S/C18H26N4OS/c1-19-17(20-13-16(23)22-11-5-6-12-22)21-14-18(9-10-18)24-15-7-3-2-4-8-15/h2-4,7-8H,5-6,9-14H2,1H3,(H2,19,20,21). The molecule has 2 N–H and O–H groups in total. The average molecular weight is 347 g/mol. The minimum absolute atomic E-state index is 0.162. The van der Waals surface area contributed by atoms with Gasteiger partial charge in [0, 0.05) is 36.3 Å². The van der Waals surface area contributed by atoms with E-state index in [0.717, 1.165) is 32.5 Å². The maximum absolute atomic E-state index is 12.1. The molecule has 1 aromatic rings. The smallest absolute Gasteiger partial charge is 0.241 e. The molecule has 1 saturated heterocycles. The summed E-state index contributed by atoms with van der Waals surface area (Å²) in [7, 11) is 1.75. The summed E-state index contributed by atoms with van der Waals surface area (Å²) in [6.45, 7) is 2.97. The van der Waals surface area contributed by atoms with Gasteiger partial charge in [0.15, 0.2) is 5.96 Å². The number of nitrogens with zero attached hydrogens (tertiary/aromatic N) is 2. The van der Waals surface area contributed by atoms with E-state index in [1.54, 1.807) is 7.05 Å². The third kappa shape index (κ3) is 4.66. The largest absolute Gasteiger partial charge is 0.355 e. The Morgan fingerprint density at radius 1 is 1.21 bits per heavy atom. The van der Waals surface area contributed by atoms with Crippen LogP contribution in [0.4, 0.5) is 0 Å². The number of guanidine groups is 1. The monoisotopic (exact) mass is 346 g/mol. The summed E-state index contributed by atoms with van der Waals surface area (Å²) >= 11 is 1.93. The van der Waals surface area contributed by atoms with E-state index in [0.29, 0.717) is 12.5 Å². The summed E-state index contributed by atoms with van der Waals surface area (Å²) < 4.78 is 0.262. The van der Waals surface area contributed by atoms with Crippen molar-refractivity contribution in [2.45, 2.75) is 35.3 Å². The van der Waals surface area contributed by atoms with Crippen molar-refractivity contribution in [1.82, 2.24) is 15.5 Å². The summed E-state index contributed by atoms with van der Waals surface area (Å²) in [5.74, 6) is 0.873. The molecule has 0 radical (unpaired) electrons. The van der Waals surface area contributed by atoms with Crippen molar-refractivity contribution >= 4 is 23.6 Å². The lowest BCUT2D eigenvalue weighted by Gasteiger charge is -2.20. The van der Waals surface area contributed by atoms with Crippen LogP contribution in [-0.4, -0.2) is 54.7 Å². The fourth-order valence-electron chi connectivity index (χ4n) is 2.90. The number of nitrogens with one attached hydrogen (secondary N) is 2. The molecule has 6 heteroatoms. The molecule has 130 valence electrons. The number of rotatable bonds is 6. The molecule has 0 aromatic heterocycles. The van der Waals surface area contributed by atoms with Gasteiger partial charge in [-0.3, -0.25) is 9.79 Å². The SMILES string of the molecule is CN=C(NCC(=O)N1CCCC1)NCC1(Sc2ccccc2)CC1. The highest BCUT2D eigenvalue weighted by Gasteiger charge is 2.43. The maximum atomic E-state index is 12.1. The molecule has 5 nitrogen and oxygen atoms in total. The van der Waals surface area contributed by atoms with Crippen molar-refractivity contribution in [1.29, 1.82) is 0 Å². The van der Waals surface area contributed by atoms with E-state index in [2.05, 4.69) is 39.9 Å². The second-order valence-corrected chi connectivity index (χ2v) is 8.01. The van der Waals surface area contributed by atoms with Crippen LogP contribution in [0, 0.1) is 0 Å². The van der Waals surface area contributed by atoms with E-state index >= 15 is 0 Å². The summed E-state index contributed by atoms with van der Waals surface area (Å²) in [4.78, 5) is 19.6. The van der Waals surface area contributed by atoms with Crippen molar-refractivity contribution in [2.75, 3.05) is 33.2 Å². The molecule has 1 heterocycles. The van der Waals surface area contributed by atoms with Gasteiger partial charge in [-0.25, -0.2) is 0 Å². The van der Waals surface area contributed by atoms with Gasteiger partial charge < -0.3 is 15.5 Å². The lowest BCUT2D eigenvalue weighted by Crippen LogP contribution is -2.45. The average Bonchev–Trinajstić information content (AvgIpc) is 3.14. The zero-order valence-electron chi connectivity index (χ0n) is 14.3. The minimum atomic E-state index is 0.162. The molecule has 3 rings (SSSR count). The van der Waals surface area contributed by atoms with Gasteiger partial charge in [0.25, 0.3) is 0 Å². The maximum Gasteiger partial charge on any atom is 0.241 e. The first-order valence-electron chi connectivity index (χ1n) is 8.67. The molecule has 0 bridgehead atoms. The van der Waals surface area contributed by atoms with Crippen LogP contribution in [0.1, 0.15) is 25.7 Å². The Morgan fingerprint density at radius 2 is 1.92 bits per heavy atom. The number of carbonyl (C=O) groups excluding carboxylic acids is 1. The molecule has 2 aliphatic rings.